The van der Waals surface area contributed by atoms with Gasteiger partial charge in [-0.1, -0.05) is 23.7 Å². The van der Waals surface area contributed by atoms with Gasteiger partial charge in [-0.2, -0.15) is 0 Å². The van der Waals surface area contributed by atoms with E-state index in [1.54, 1.807) is 0 Å². The summed E-state index contributed by atoms with van der Waals surface area (Å²) in [4.78, 5) is 1.46. The predicted molar refractivity (Wildman–Crippen MR) is 81.2 cm³/mol. The van der Waals surface area contributed by atoms with E-state index in [0.29, 0.717) is 5.11 Å². The molecule has 0 fully saturated rings. The first-order valence-electron chi connectivity index (χ1n) is 6.13. The van der Waals surface area contributed by atoms with E-state index in [9.17, 15) is 0 Å². The second-order valence-corrected chi connectivity index (χ2v) is 5.39. The Bertz CT molecular complexity index is 365. The van der Waals surface area contributed by atoms with Crippen molar-refractivity contribution < 1.29 is 4.90 Å². The lowest BCUT2D eigenvalue weighted by atomic mass is 10.2. The second-order valence-electron chi connectivity index (χ2n) is 4.55. The van der Waals surface area contributed by atoms with Crippen molar-refractivity contribution in [3.05, 3.63) is 34.9 Å². The zero-order valence-electron chi connectivity index (χ0n) is 10.9. The lowest BCUT2D eigenvalue weighted by Gasteiger charge is -2.11. The molecular formula is C13H21ClN3S+. The van der Waals surface area contributed by atoms with Crippen LogP contribution in [0.4, 0.5) is 0 Å². The van der Waals surface area contributed by atoms with Gasteiger partial charge in [-0.25, -0.2) is 0 Å². The largest absolute Gasteiger partial charge is 0.363 e. The zero-order valence-corrected chi connectivity index (χ0v) is 12.5. The summed E-state index contributed by atoms with van der Waals surface area (Å²) in [6, 6.07) is 7.75. The third-order valence-corrected chi connectivity index (χ3v) is 3.05. The van der Waals surface area contributed by atoms with Gasteiger partial charge in [0.2, 0.25) is 0 Å². The van der Waals surface area contributed by atoms with Gasteiger partial charge in [0.25, 0.3) is 0 Å². The highest BCUT2D eigenvalue weighted by Crippen LogP contribution is 2.08. The van der Waals surface area contributed by atoms with Gasteiger partial charge < -0.3 is 15.5 Å². The van der Waals surface area contributed by atoms with E-state index in [4.69, 9.17) is 23.8 Å². The Morgan fingerprint density at radius 2 is 1.89 bits per heavy atom. The molecule has 0 saturated heterocycles. The minimum Gasteiger partial charge on any atom is -0.363 e. The summed E-state index contributed by atoms with van der Waals surface area (Å²) >= 11 is 11.0. The van der Waals surface area contributed by atoms with Crippen LogP contribution in [0.3, 0.4) is 0 Å². The van der Waals surface area contributed by atoms with Crippen molar-refractivity contribution in [2.24, 2.45) is 0 Å². The number of quaternary nitrogens is 1. The van der Waals surface area contributed by atoms with Crippen LogP contribution in [0.1, 0.15) is 12.0 Å². The molecule has 0 unspecified atom stereocenters. The first-order chi connectivity index (χ1) is 8.58. The Balaban J connectivity index is 2.15. The van der Waals surface area contributed by atoms with Crippen molar-refractivity contribution in [2.45, 2.75) is 13.0 Å². The van der Waals surface area contributed by atoms with Crippen LogP contribution in [-0.2, 0) is 6.54 Å². The smallest absolute Gasteiger partial charge is 0.166 e. The molecule has 0 aliphatic heterocycles. The first-order valence-corrected chi connectivity index (χ1v) is 6.91. The molecule has 0 radical (unpaired) electrons. The number of hydrogen-bond acceptors (Lipinski definition) is 1. The lowest BCUT2D eigenvalue weighted by Crippen LogP contribution is -3.05. The molecular weight excluding hydrogens is 266 g/mol. The van der Waals surface area contributed by atoms with Crippen molar-refractivity contribution in [2.75, 3.05) is 27.2 Å². The molecule has 5 heteroatoms. The van der Waals surface area contributed by atoms with E-state index in [-0.39, 0.29) is 0 Å². The number of hydrogen-bond donors (Lipinski definition) is 3. The molecule has 18 heavy (non-hydrogen) atoms. The van der Waals surface area contributed by atoms with Crippen molar-refractivity contribution >= 4 is 28.9 Å². The molecule has 0 aliphatic rings. The van der Waals surface area contributed by atoms with Crippen molar-refractivity contribution in [1.29, 1.82) is 0 Å². The van der Waals surface area contributed by atoms with Crippen LogP contribution in [-0.4, -0.2) is 32.3 Å². The van der Waals surface area contributed by atoms with Crippen LogP contribution in [0.25, 0.3) is 0 Å². The summed E-state index contributed by atoms with van der Waals surface area (Å²) in [5.41, 5.74) is 1.17. The van der Waals surface area contributed by atoms with Gasteiger partial charge in [0.1, 0.15) is 0 Å². The van der Waals surface area contributed by atoms with E-state index in [1.807, 2.05) is 24.3 Å². The molecule has 0 saturated carbocycles. The Labute approximate surface area is 120 Å². The average Bonchev–Trinajstić information content (AvgIpc) is 2.34. The molecule has 0 aromatic heterocycles. The summed E-state index contributed by atoms with van der Waals surface area (Å²) in [6.45, 7) is 2.78. The molecule has 0 spiro atoms. The fraction of sp³-hybridized carbons (Fsp3) is 0.462. The molecule has 0 aliphatic carbocycles. The predicted octanol–water partition coefficient (Wildman–Crippen LogP) is 0.839. The fourth-order valence-corrected chi connectivity index (χ4v) is 1.79. The van der Waals surface area contributed by atoms with Crippen LogP contribution in [0, 0.1) is 0 Å². The second kappa shape index (κ2) is 8.29. The zero-order chi connectivity index (χ0) is 13.4. The minimum atomic E-state index is 0.707. The Kier molecular flexibility index (Phi) is 7.01. The van der Waals surface area contributed by atoms with Gasteiger partial charge in [0.15, 0.2) is 5.11 Å². The van der Waals surface area contributed by atoms with Crippen molar-refractivity contribution in [3.63, 3.8) is 0 Å². The molecule has 100 valence electrons. The molecule has 3 N–H and O–H groups in total. The quantitative estimate of drug-likeness (QED) is 0.535. The Morgan fingerprint density at radius 1 is 1.22 bits per heavy atom. The van der Waals surface area contributed by atoms with Gasteiger partial charge >= 0.3 is 0 Å². The monoisotopic (exact) mass is 286 g/mol. The van der Waals surface area contributed by atoms with E-state index in [0.717, 1.165) is 31.1 Å². The maximum absolute atomic E-state index is 5.82. The number of nitrogens with one attached hydrogen (secondary N) is 3. The average molecular weight is 287 g/mol. The number of benzene rings is 1. The molecule has 0 amide bonds. The SMILES string of the molecule is C[NH+](C)CCCNC(=S)NCc1ccc(Cl)cc1. The molecule has 1 aromatic rings. The third-order valence-electron chi connectivity index (χ3n) is 2.51. The first kappa shape index (κ1) is 15.2. The summed E-state index contributed by atoms with van der Waals surface area (Å²) in [5.74, 6) is 0. The normalized spacial score (nSPS) is 10.4. The molecule has 0 heterocycles. The lowest BCUT2D eigenvalue weighted by molar-refractivity contribution is -0.858. The van der Waals surface area contributed by atoms with E-state index < -0.39 is 0 Å². The highest BCUT2D eigenvalue weighted by atomic mass is 35.5. The van der Waals surface area contributed by atoms with Gasteiger partial charge in [-0.05, 0) is 29.9 Å². The van der Waals surface area contributed by atoms with Gasteiger partial charge in [-0.15, -0.1) is 0 Å². The molecule has 1 rings (SSSR count). The maximum Gasteiger partial charge on any atom is 0.166 e. The summed E-state index contributed by atoms with van der Waals surface area (Å²) in [5, 5.41) is 7.84. The van der Waals surface area contributed by atoms with Crippen LogP contribution in [0.2, 0.25) is 5.02 Å². The summed E-state index contributed by atoms with van der Waals surface area (Å²) in [6.07, 6.45) is 1.12. The molecule has 3 nitrogen and oxygen atoms in total. The fourth-order valence-electron chi connectivity index (χ4n) is 1.49. The highest BCUT2D eigenvalue weighted by Gasteiger charge is 1.98. The third kappa shape index (κ3) is 6.79. The highest BCUT2D eigenvalue weighted by molar-refractivity contribution is 7.80. The topological polar surface area (TPSA) is 28.5 Å². The van der Waals surface area contributed by atoms with E-state index >= 15 is 0 Å². The van der Waals surface area contributed by atoms with Crippen molar-refractivity contribution in [1.82, 2.24) is 10.6 Å². The van der Waals surface area contributed by atoms with E-state index in [1.165, 1.54) is 10.5 Å². The molecule has 0 bridgehead atoms. The number of thiocarbonyl (C=S) groups is 1. The summed E-state index contributed by atoms with van der Waals surface area (Å²) < 4.78 is 0. The van der Waals surface area contributed by atoms with Gasteiger partial charge in [-0.3, -0.25) is 0 Å². The Morgan fingerprint density at radius 3 is 2.50 bits per heavy atom. The standard InChI is InChI=1S/C13H20ClN3S/c1-17(2)9-3-8-15-13(18)16-10-11-4-6-12(14)7-5-11/h4-7H,3,8-10H2,1-2H3,(H2,15,16,18)/p+1. The van der Waals surface area contributed by atoms with Crippen LogP contribution < -0.4 is 15.5 Å². The summed E-state index contributed by atoms with van der Waals surface area (Å²) in [7, 11) is 4.30. The maximum atomic E-state index is 5.82. The molecule has 0 atom stereocenters. The number of rotatable bonds is 6. The minimum absolute atomic E-state index is 0.707. The Hall–Kier alpha value is -0.840. The van der Waals surface area contributed by atoms with Crippen molar-refractivity contribution in [3.8, 4) is 0 Å². The van der Waals surface area contributed by atoms with E-state index in [2.05, 4.69) is 24.7 Å². The van der Waals surface area contributed by atoms with Crippen LogP contribution >= 0.6 is 23.8 Å². The van der Waals surface area contributed by atoms with Crippen LogP contribution in [0.5, 0.6) is 0 Å². The van der Waals surface area contributed by atoms with Gasteiger partial charge in [0.05, 0.1) is 20.6 Å². The molecule has 1 aromatic carbocycles. The van der Waals surface area contributed by atoms with Gasteiger partial charge in [0, 0.05) is 24.5 Å². The van der Waals surface area contributed by atoms with Crippen LogP contribution in [0.15, 0.2) is 24.3 Å². The number of halogens is 1.